The molecule has 15 nitrogen and oxygen atoms in total. The first-order chi connectivity index (χ1) is 27.0. The maximum absolute atomic E-state index is 14.8. The van der Waals surface area contributed by atoms with Gasteiger partial charge < -0.3 is 60.2 Å². The molecule has 15 heteroatoms. The molecule has 9 N–H and O–H groups in total. The van der Waals surface area contributed by atoms with Crippen molar-refractivity contribution in [1.29, 1.82) is 0 Å². The molecule has 13 atom stereocenters. The van der Waals surface area contributed by atoms with Crippen LogP contribution in [-0.4, -0.2) is 143 Å². The van der Waals surface area contributed by atoms with E-state index in [4.69, 9.17) is 14.2 Å². The predicted octanol–water partition coefficient (Wildman–Crippen LogP) is 3.23. The van der Waals surface area contributed by atoms with Crippen molar-refractivity contribution in [2.24, 2.45) is 5.41 Å². The smallest absolute Gasteiger partial charge is 0.328 e. The summed E-state index contributed by atoms with van der Waals surface area (Å²) < 4.78 is 17.7. The number of carboxylic acid groups (broad SMARTS) is 1. The molecule has 0 radical (unpaired) electrons. The van der Waals surface area contributed by atoms with Crippen LogP contribution in [0.15, 0.2) is 0 Å². The maximum Gasteiger partial charge on any atom is 0.328 e. The van der Waals surface area contributed by atoms with Gasteiger partial charge >= 0.3 is 5.97 Å². The first-order valence-electron chi connectivity index (χ1n) is 21.8. The van der Waals surface area contributed by atoms with Gasteiger partial charge in [-0.3, -0.25) is 14.4 Å². The Morgan fingerprint density at radius 3 is 1.44 bits per heavy atom. The van der Waals surface area contributed by atoms with Gasteiger partial charge in [0.15, 0.2) is 17.9 Å². The summed E-state index contributed by atoms with van der Waals surface area (Å²) in [6, 6.07) is 0. The van der Waals surface area contributed by atoms with Crippen LogP contribution in [0.2, 0.25) is 0 Å². The topological polar surface area (TPSA) is 261 Å². The summed E-state index contributed by atoms with van der Waals surface area (Å²) in [4.78, 5) is 43.6. The second-order valence-corrected chi connectivity index (χ2v) is 16.5. The minimum Gasteiger partial charge on any atom is -0.480 e. The van der Waals surface area contributed by atoms with E-state index in [9.17, 15) is 60.3 Å². The SMILES string of the molecule is CCCCCCCCC(O)C(=O)C(C(=O)O)(C(=O)C(O)CCCCCCCC)C(O)(CCCCCCC)[C@@H]1O[C@@H](C)[C@H](O)[C@@H](O)[C@H]1O[C@@H]1O[C@@H](C)[C@H](O)[C@@H](O)[C@H]1O. The first-order valence-corrected chi connectivity index (χ1v) is 21.8. The summed E-state index contributed by atoms with van der Waals surface area (Å²) in [5.41, 5.74) is -6.74. The number of rotatable bonds is 29. The van der Waals surface area contributed by atoms with Crippen LogP contribution in [0.3, 0.4) is 0 Å². The molecular weight excluding hydrogens is 744 g/mol. The third-order valence-corrected chi connectivity index (χ3v) is 12.0. The minimum atomic E-state index is -3.58. The number of aliphatic hydroxyl groups is 8. The van der Waals surface area contributed by atoms with Gasteiger partial charge in [-0.05, 0) is 33.1 Å². The molecule has 2 rings (SSSR count). The van der Waals surface area contributed by atoms with Crippen molar-refractivity contribution in [2.75, 3.05) is 0 Å². The van der Waals surface area contributed by atoms with E-state index in [1.807, 2.05) is 6.92 Å². The van der Waals surface area contributed by atoms with E-state index in [1.54, 1.807) is 0 Å². The second-order valence-electron chi connectivity index (χ2n) is 16.5. The fraction of sp³-hybridized carbons (Fsp3) is 0.929. The van der Waals surface area contributed by atoms with Crippen molar-refractivity contribution in [3.05, 3.63) is 0 Å². The Morgan fingerprint density at radius 1 is 0.579 bits per heavy atom. The van der Waals surface area contributed by atoms with Crippen LogP contribution in [0.5, 0.6) is 0 Å². The number of carboxylic acids is 1. The lowest BCUT2D eigenvalue weighted by Gasteiger charge is -2.54. The van der Waals surface area contributed by atoms with Gasteiger partial charge in [-0.15, -0.1) is 0 Å². The molecule has 57 heavy (non-hydrogen) atoms. The van der Waals surface area contributed by atoms with Crippen molar-refractivity contribution in [1.82, 2.24) is 0 Å². The van der Waals surface area contributed by atoms with Gasteiger partial charge in [0, 0.05) is 0 Å². The molecule has 334 valence electrons. The molecule has 0 aromatic heterocycles. The number of hydrogen-bond donors (Lipinski definition) is 9. The van der Waals surface area contributed by atoms with Gasteiger partial charge in [0.25, 0.3) is 0 Å². The van der Waals surface area contributed by atoms with Crippen LogP contribution in [0.1, 0.15) is 163 Å². The number of ketones is 2. The summed E-state index contributed by atoms with van der Waals surface area (Å²) >= 11 is 0. The van der Waals surface area contributed by atoms with E-state index in [2.05, 4.69) is 13.8 Å². The van der Waals surface area contributed by atoms with Crippen molar-refractivity contribution < 1.29 is 74.6 Å². The molecule has 0 saturated carbocycles. The molecular formula is C42H76O15. The monoisotopic (exact) mass is 821 g/mol. The molecule has 2 aliphatic rings. The molecule has 0 aromatic rings. The Bertz CT molecular complexity index is 1150. The van der Waals surface area contributed by atoms with Crippen molar-refractivity contribution in [3.8, 4) is 0 Å². The Labute approximate surface area is 339 Å². The van der Waals surface area contributed by atoms with Gasteiger partial charge in [-0.2, -0.15) is 0 Å². The highest BCUT2D eigenvalue weighted by atomic mass is 16.7. The predicted molar refractivity (Wildman–Crippen MR) is 210 cm³/mol. The third kappa shape index (κ3) is 12.9. The maximum atomic E-state index is 14.8. The average Bonchev–Trinajstić information content (AvgIpc) is 3.18. The number of unbranched alkanes of at least 4 members (excludes halogenated alkanes) is 14. The van der Waals surface area contributed by atoms with Gasteiger partial charge in [0.05, 0.1) is 12.2 Å². The lowest BCUT2D eigenvalue weighted by Crippen LogP contribution is -2.76. The number of ether oxygens (including phenoxy) is 3. The van der Waals surface area contributed by atoms with Crippen LogP contribution >= 0.6 is 0 Å². The highest BCUT2D eigenvalue weighted by Gasteiger charge is 2.73. The van der Waals surface area contributed by atoms with Gasteiger partial charge in [-0.25, -0.2) is 0 Å². The van der Waals surface area contributed by atoms with E-state index in [0.29, 0.717) is 38.5 Å². The highest BCUT2D eigenvalue weighted by molar-refractivity contribution is 6.25. The fourth-order valence-electron chi connectivity index (χ4n) is 8.34. The van der Waals surface area contributed by atoms with Crippen molar-refractivity contribution in [2.45, 2.75) is 242 Å². The summed E-state index contributed by atoms with van der Waals surface area (Å²) in [7, 11) is 0. The molecule has 0 bridgehead atoms. The number of carbonyl (C=O) groups excluding carboxylic acids is 2. The molecule has 2 heterocycles. The van der Waals surface area contributed by atoms with Gasteiger partial charge in [0.2, 0.25) is 5.41 Å². The number of Topliss-reactive ketones (excluding diaryl/α,β-unsaturated/α-hetero) is 2. The lowest BCUT2D eigenvalue weighted by molar-refractivity contribution is -0.351. The number of aliphatic carboxylic acids is 1. The van der Waals surface area contributed by atoms with E-state index in [0.717, 1.165) is 64.2 Å². The van der Waals surface area contributed by atoms with Crippen LogP contribution < -0.4 is 0 Å². The lowest BCUT2D eigenvalue weighted by atomic mass is 9.57. The fourth-order valence-corrected chi connectivity index (χ4v) is 8.34. The first kappa shape index (κ1) is 51.5. The Hall–Kier alpha value is -1.63. The zero-order chi connectivity index (χ0) is 42.9. The molecule has 3 unspecified atom stereocenters. The summed E-state index contributed by atoms with van der Waals surface area (Å²) in [6.45, 7) is 8.78. The second kappa shape index (κ2) is 25.2. The zero-order valence-electron chi connectivity index (χ0n) is 35.0. The summed E-state index contributed by atoms with van der Waals surface area (Å²) in [5, 5.41) is 102. The average molecular weight is 821 g/mol. The molecule has 2 fully saturated rings. The minimum absolute atomic E-state index is 0.0250. The number of hydrogen-bond acceptors (Lipinski definition) is 14. The molecule has 0 aromatic carbocycles. The van der Waals surface area contributed by atoms with Crippen LogP contribution in [0, 0.1) is 5.41 Å². The highest BCUT2D eigenvalue weighted by Crippen LogP contribution is 2.48. The van der Waals surface area contributed by atoms with Crippen LogP contribution in [-0.2, 0) is 28.6 Å². The largest absolute Gasteiger partial charge is 0.480 e. The Kier molecular flexibility index (Phi) is 22.8. The summed E-state index contributed by atoms with van der Waals surface area (Å²) in [5.74, 6) is -5.25. The molecule has 0 amide bonds. The molecule has 0 spiro atoms. The molecule has 2 aliphatic heterocycles. The number of aliphatic hydroxyl groups excluding tert-OH is 7. The van der Waals surface area contributed by atoms with Crippen molar-refractivity contribution >= 4 is 17.5 Å². The normalized spacial score (nSPS) is 31.2. The number of carbonyl (C=O) groups is 3. The van der Waals surface area contributed by atoms with E-state index in [-0.39, 0.29) is 19.3 Å². The molecule has 0 aliphatic carbocycles. The van der Waals surface area contributed by atoms with Gasteiger partial charge in [0.1, 0.15) is 60.5 Å². The Balaban J connectivity index is 2.81. The van der Waals surface area contributed by atoms with E-state index < -0.39 is 108 Å². The van der Waals surface area contributed by atoms with E-state index in [1.165, 1.54) is 13.8 Å². The Morgan fingerprint density at radius 2 is 0.982 bits per heavy atom. The van der Waals surface area contributed by atoms with Gasteiger partial charge in [-0.1, -0.05) is 130 Å². The summed E-state index contributed by atoms with van der Waals surface area (Å²) in [6.07, 6.45) is -10.9. The van der Waals surface area contributed by atoms with E-state index >= 15 is 0 Å². The van der Waals surface area contributed by atoms with Crippen LogP contribution in [0.4, 0.5) is 0 Å². The standard InChI is InChI=1S/C42H76O15/c1-6-9-12-15-17-20-23-28(43)36(50)42(40(52)53,37(51)29(44)24-21-18-16-13-10-7-2)41(54,25-22-19-14-11-8-3)38-35(33(48)31(46)26(4)55-38)57-39-34(49)32(47)30(45)27(5)56-39/h26-35,38-39,43-49,54H,6-25H2,1-5H3,(H,52,53)/t26-,27-,28?,29?,30-,31-,32+,33+,34+,35+,38+,39-,41?,42?/m0/s1. The quantitative estimate of drug-likeness (QED) is 0.0388. The van der Waals surface area contributed by atoms with Crippen LogP contribution in [0.25, 0.3) is 0 Å². The third-order valence-electron chi connectivity index (χ3n) is 12.0. The zero-order valence-corrected chi connectivity index (χ0v) is 35.0. The van der Waals surface area contributed by atoms with Crippen molar-refractivity contribution in [3.63, 3.8) is 0 Å². The molecule has 2 saturated heterocycles.